The van der Waals surface area contributed by atoms with Crippen LogP contribution in [0.25, 0.3) is 0 Å². The number of ether oxygens (including phenoxy) is 1. The zero-order valence-electron chi connectivity index (χ0n) is 11.5. The number of benzene rings is 1. The average molecular weight is 391 g/mol. The molecule has 1 aromatic carbocycles. The minimum absolute atomic E-state index is 0.0962. The summed E-state index contributed by atoms with van der Waals surface area (Å²) in [5.74, 6) is 0.707. The van der Waals surface area contributed by atoms with Crippen molar-refractivity contribution in [1.82, 2.24) is 0 Å². The largest absolute Gasteiger partial charge is 0.378 e. The van der Waals surface area contributed by atoms with E-state index in [1.807, 2.05) is 0 Å². The van der Waals surface area contributed by atoms with Gasteiger partial charge in [-0.3, -0.25) is 0 Å². The summed E-state index contributed by atoms with van der Waals surface area (Å²) >= 11 is 7.20. The number of hydrogen-bond donors (Lipinski definition) is 1. The van der Waals surface area contributed by atoms with Crippen LogP contribution in [0.5, 0.6) is 0 Å². The third-order valence-electron chi connectivity index (χ3n) is 3.86. The average Bonchev–Trinajstić information content (AvgIpc) is 2.31. The van der Waals surface area contributed by atoms with Gasteiger partial charge in [-0.25, -0.2) is 0 Å². The minimum atomic E-state index is 0.0962. The number of nitrogens with two attached hydrogens (primary N) is 1. The fourth-order valence-corrected chi connectivity index (χ4v) is 3.78. The molecule has 1 unspecified atom stereocenters. The second-order valence-corrected chi connectivity index (χ2v) is 7.09. The van der Waals surface area contributed by atoms with Gasteiger partial charge in [0.1, 0.15) is 0 Å². The molecule has 4 heteroatoms. The third-order valence-corrected chi connectivity index (χ3v) is 5.40. The molecule has 1 atom stereocenters. The van der Waals surface area contributed by atoms with Gasteiger partial charge in [0.15, 0.2) is 0 Å². The number of rotatable bonds is 5. The van der Waals surface area contributed by atoms with Crippen LogP contribution in [0.15, 0.2) is 21.1 Å². The Hall–Kier alpha value is 0.1000. The van der Waals surface area contributed by atoms with Crippen LogP contribution in [0, 0.1) is 12.8 Å². The molecule has 0 bridgehead atoms. The smallest absolute Gasteiger partial charge is 0.0580 e. The van der Waals surface area contributed by atoms with E-state index in [1.54, 1.807) is 0 Å². The first-order chi connectivity index (χ1) is 9.01. The predicted octanol–water partition coefficient (Wildman–Crippen LogP) is 4.73. The molecule has 1 aliphatic rings. The lowest BCUT2D eigenvalue weighted by Gasteiger charge is -2.36. The first kappa shape index (κ1) is 15.5. The quantitative estimate of drug-likeness (QED) is 0.788. The van der Waals surface area contributed by atoms with Crippen molar-refractivity contribution < 1.29 is 4.74 Å². The standard InChI is InChI=1S/C15H21Br2NO/c1-3-19-11-5-10(6-11)7-15(18)12-8-13(16)9(2)4-14(12)17/h4,8,10-11,15H,3,5-7,18H2,1-2H3. The molecule has 2 nitrogen and oxygen atoms in total. The Morgan fingerprint density at radius 2 is 2.00 bits per heavy atom. The summed E-state index contributed by atoms with van der Waals surface area (Å²) in [6.45, 7) is 4.96. The fraction of sp³-hybridized carbons (Fsp3) is 0.600. The molecule has 2 N–H and O–H groups in total. The van der Waals surface area contributed by atoms with Crippen LogP contribution < -0.4 is 5.73 Å². The van der Waals surface area contributed by atoms with Crippen LogP contribution in [0.2, 0.25) is 0 Å². The van der Waals surface area contributed by atoms with Crippen LogP contribution in [-0.4, -0.2) is 12.7 Å². The van der Waals surface area contributed by atoms with E-state index in [1.165, 1.54) is 11.1 Å². The summed E-state index contributed by atoms with van der Waals surface area (Å²) in [4.78, 5) is 0. The molecule has 1 saturated carbocycles. The summed E-state index contributed by atoms with van der Waals surface area (Å²) in [7, 11) is 0. The van der Waals surface area contributed by atoms with Crippen LogP contribution in [0.1, 0.15) is 43.4 Å². The summed E-state index contributed by atoms with van der Waals surface area (Å²) in [6.07, 6.45) is 3.83. The zero-order valence-corrected chi connectivity index (χ0v) is 14.6. The Bertz CT molecular complexity index is 444. The highest BCUT2D eigenvalue weighted by atomic mass is 79.9. The molecule has 2 rings (SSSR count). The fourth-order valence-electron chi connectivity index (χ4n) is 2.67. The highest BCUT2D eigenvalue weighted by molar-refractivity contribution is 9.11. The first-order valence-corrected chi connectivity index (χ1v) is 8.42. The lowest BCUT2D eigenvalue weighted by atomic mass is 9.77. The molecule has 19 heavy (non-hydrogen) atoms. The summed E-state index contributed by atoms with van der Waals surface area (Å²) in [6, 6.07) is 4.37. The van der Waals surface area contributed by atoms with Crippen molar-refractivity contribution in [1.29, 1.82) is 0 Å². The van der Waals surface area contributed by atoms with Gasteiger partial charge in [-0.15, -0.1) is 0 Å². The van der Waals surface area contributed by atoms with E-state index in [0.29, 0.717) is 12.0 Å². The lowest BCUT2D eigenvalue weighted by molar-refractivity contribution is -0.0282. The Labute approximate surface area is 132 Å². The van der Waals surface area contributed by atoms with Crippen molar-refractivity contribution >= 4 is 31.9 Å². The van der Waals surface area contributed by atoms with Crippen molar-refractivity contribution in [3.8, 4) is 0 Å². The van der Waals surface area contributed by atoms with E-state index in [-0.39, 0.29) is 6.04 Å². The van der Waals surface area contributed by atoms with Crippen molar-refractivity contribution in [3.05, 3.63) is 32.2 Å². The number of hydrogen-bond acceptors (Lipinski definition) is 2. The normalized spacial score (nSPS) is 24.1. The molecule has 0 heterocycles. The van der Waals surface area contributed by atoms with E-state index < -0.39 is 0 Å². The lowest BCUT2D eigenvalue weighted by Crippen LogP contribution is -2.33. The molecule has 0 radical (unpaired) electrons. The molecule has 1 aromatic rings. The van der Waals surface area contributed by atoms with Gasteiger partial charge in [0.2, 0.25) is 0 Å². The van der Waals surface area contributed by atoms with Crippen LogP contribution >= 0.6 is 31.9 Å². The second kappa shape index (κ2) is 6.70. The van der Waals surface area contributed by atoms with Crippen molar-refractivity contribution in [2.45, 2.75) is 45.3 Å². The number of aryl methyl sites for hydroxylation is 1. The maximum absolute atomic E-state index is 6.35. The van der Waals surface area contributed by atoms with Crippen LogP contribution in [-0.2, 0) is 4.74 Å². The van der Waals surface area contributed by atoms with Gasteiger partial charge < -0.3 is 10.5 Å². The predicted molar refractivity (Wildman–Crippen MR) is 86.3 cm³/mol. The van der Waals surface area contributed by atoms with E-state index in [2.05, 4.69) is 57.8 Å². The third kappa shape index (κ3) is 3.81. The number of halogens is 2. The Morgan fingerprint density at radius 3 is 2.63 bits per heavy atom. The molecule has 1 fully saturated rings. The molecule has 1 aliphatic carbocycles. The highest BCUT2D eigenvalue weighted by Gasteiger charge is 2.31. The molecule has 0 saturated heterocycles. The van der Waals surface area contributed by atoms with E-state index in [4.69, 9.17) is 10.5 Å². The van der Waals surface area contributed by atoms with Gasteiger partial charge in [0, 0.05) is 21.6 Å². The van der Waals surface area contributed by atoms with E-state index in [9.17, 15) is 0 Å². The van der Waals surface area contributed by atoms with E-state index >= 15 is 0 Å². The van der Waals surface area contributed by atoms with Crippen molar-refractivity contribution in [2.75, 3.05) is 6.61 Å². The maximum Gasteiger partial charge on any atom is 0.0580 e. The van der Waals surface area contributed by atoms with Crippen molar-refractivity contribution in [2.24, 2.45) is 11.7 Å². The van der Waals surface area contributed by atoms with Gasteiger partial charge in [-0.2, -0.15) is 0 Å². The Balaban J connectivity index is 1.94. The molecular weight excluding hydrogens is 370 g/mol. The topological polar surface area (TPSA) is 35.2 Å². The van der Waals surface area contributed by atoms with Gasteiger partial charge >= 0.3 is 0 Å². The summed E-state index contributed by atoms with van der Waals surface area (Å²) in [5.41, 5.74) is 8.77. The SMILES string of the molecule is CCOC1CC(CC(N)c2cc(Br)c(C)cc2Br)C1. The van der Waals surface area contributed by atoms with E-state index in [0.717, 1.165) is 34.8 Å². The zero-order chi connectivity index (χ0) is 14.0. The molecule has 0 aliphatic heterocycles. The molecule has 0 amide bonds. The molecule has 106 valence electrons. The van der Waals surface area contributed by atoms with Crippen LogP contribution in [0.4, 0.5) is 0 Å². The highest BCUT2D eigenvalue weighted by Crippen LogP contribution is 2.38. The molecular formula is C15H21Br2NO. The first-order valence-electron chi connectivity index (χ1n) is 6.84. The summed E-state index contributed by atoms with van der Waals surface area (Å²) < 4.78 is 7.84. The maximum atomic E-state index is 6.35. The summed E-state index contributed by atoms with van der Waals surface area (Å²) in [5, 5.41) is 0. The van der Waals surface area contributed by atoms with Crippen LogP contribution in [0.3, 0.4) is 0 Å². The second-order valence-electron chi connectivity index (χ2n) is 5.38. The minimum Gasteiger partial charge on any atom is -0.378 e. The van der Waals surface area contributed by atoms with Gasteiger partial charge in [0.25, 0.3) is 0 Å². The van der Waals surface area contributed by atoms with Gasteiger partial charge in [-0.1, -0.05) is 31.9 Å². The molecule has 0 spiro atoms. The van der Waals surface area contributed by atoms with Gasteiger partial charge in [0.05, 0.1) is 6.10 Å². The van der Waals surface area contributed by atoms with Gasteiger partial charge in [-0.05, 0) is 62.3 Å². The monoisotopic (exact) mass is 389 g/mol. The Morgan fingerprint density at radius 1 is 1.32 bits per heavy atom. The molecule has 0 aromatic heterocycles. The van der Waals surface area contributed by atoms with Crippen molar-refractivity contribution in [3.63, 3.8) is 0 Å². The Kier molecular flexibility index (Phi) is 5.46.